The number of ether oxygens (including phenoxy) is 1. The number of benzene rings is 1. The number of fused-ring (bicyclic) bond motifs is 1. The average molecular weight is 486 g/mol. The fraction of sp³-hybridized carbons (Fsp3) is 0.577. The van der Waals surface area contributed by atoms with Gasteiger partial charge in [-0.25, -0.2) is 4.79 Å². The van der Waals surface area contributed by atoms with Crippen molar-refractivity contribution < 1.29 is 19.1 Å². The van der Waals surface area contributed by atoms with E-state index in [1.807, 2.05) is 41.5 Å². The maximum absolute atomic E-state index is 13.5. The second-order valence-corrected chi connectivity index (χ2v) is 10.6. The second kappa shape index (κ2) is 11.4. The SMILES string of the molecule is COCCCNC(=O)C1CCC(CN2C(=O)C3SC=CC3N(Cc3cccc(C)c3)C2=O)CC1. The summed E-state index contributed by atoms with van der Waals surface area (Å²) in [5.74, 6) is 0.286. The summed E-state index contributed by atoms with van der Waals surface area (Å²) in [6.45, 7) is 4.25. The highest BCUT2D eigenvalue weighted by Gasteiger charge is 2.47. The fourth-order valence-electron chi connectivity index (χ4n) is 5.18. The number of hydrogen-bond donors (Lipinski definition) is 1. The molecule has 2 aliphatic heterocycles. The van der Waals surface area contributed by atoms with Crippen LogP contribution in [0.2, 0.25) is 0 Å². The second-order valence-electron chi connectivity index (χ2n) is 9.58. The van der Waals surface area contributed by atoms with Crippen LogP contribution in [0.5, 0.6) is 0 Å². The Morgan fingerprint density at radius 2 is 2.00 bits per heavy atom. The number of aryl methyl sites for hydroxylation is 1. The van der Waals surface area contributed by atoms with Gasteiger partial charge in [-0.3, -0.25) is 14.5 Å². The zero-order chi connectivity index (χ0) is 24.1. The summed E-state index contributed by atoms with van der Waals surface area (Å²) in [6, 6.07) is 7.78. The Hall–Kier alpha value is -2.32. The Balaban J connectivity index is 1.36. The number of imide groups is 1. The van der Waals surface area contributed by atoms with Crippen LogP contribution in [0.1, 0.15) is 43.2 Å². The third kappa shape index (κ3) is 5.66. The number of carbonyl (C=O) groups is 3. The number of rotatable bonds is 9. The van der Waals surface area contributed by atoms with Gasteiger partial charge in [-0.15, -0.1) is 11.8 Å². The van der Waals surface area contributed by atoms with Crippen LogP contribution in [-0.2, 0) is 20.9 Å². The summed E-state index contributed by atoms with van der Waals surface area (Å²) in [6.07, 6.45) is 6.09. The van der Waals surface area contributed by atoms with Gasteiger partial charge in [0.05, 0.1) is 6.04 Å². The van der Waals surface area contributed by atoms with Crippen molar-refractivity contribution in [2.24, 2.45) is 11.8 Å². The summed E-state index contributed by atoms with van der Waals surface area (Å²) in [5, 5.41) is 4.68. The number of nitrogens with zero attached hydrogens (tertiary/aromatic N) is 2. The first-order valence-corrected chi connectivity index (χ1v) is 13.2. The molecule has 0 aromatic heterocycles. The molecule has 0 spiro atoms. The fourth-order valence-corrected chi connectivity index (χ4v) is 6.24. The van der Waals surface area contributed by atoms with Gasteiger partial charge in [0, 0.05) is 39.3 Å². The van der Waals surface area contributed by atoms with Crippen LogP contribution in [0, 0.1) is 18.8 Å². The lowest BCUT2D eigenvalue weighted by molar-refractivity contribution is -0.132. The van der Waals surface area contributed by atoms with E-state index >= 15 is 0 Å². The molecule has 8 heteroatoms. The Kier molecular flexibility index (Phi) is 8.32. The highest BCUT2D eigenvalue weighted by molar-refractivity contribution is 8.03. The van der Waals surface area contributed by atoms with E-state index in [1.165, 1.54) is 16.7 Å². The van der Waals surface area contributed by atoms with Gasteiger partial charge in [-0.2, -0.15) is 0 Å². The molecule has 1 saturated carbocycles. The zero-order valence-corrected chi connectivity index (χ0v) is 20.9. The van der Waals surface area contributed by atoms with Crippen molar-refractivity contribution >= 4 is 29.6 Å². The van der Waals surface area contributed by atoms with Gasteiger partial charge >= 0.3 is 6.03 Å². The quantitative estimate of drug-likeness (QED) is 0.540. The predicted molar refractivity (Wildman–Crippen MR) is 133 cm³/mol. The summed E-state index contributed by atoms with van der Waals surface area (Å²) in [5.41, 5.74) is 2.23. The van der Waals surface area contributed by atoms with Crippen LogP contribution in [0.3, 0.4) is 0 Å². The van der Waals surface area contributed by atoms with Gasteiger partial charge < -0.3 is 15.0 Å². The molecule has 1 aromatic rings. The number of urea groups is 1. The Bertz CT molecular complexity index is 928. The standard InChI is InChI=1S/C26H35N3O4S/c1-18-5-3-6-20(15-18)17-28-22-11-14-34-23(22)25(31)29(26(28)32)16-19-7-9-21(10-8-19)24(30)27-12-4-13-33-2/h3,5-6,11,14-15,19,21-23H,4,7-10,12-13,16-17H2,1-2H3,(H,27,30). The van der Waals surface area contributed by atoms with Crippen LogP contribution in [0.15, 0.2) is 35.7 Å². The highest BCUT2D eigenvalue weighted by atomic mass is 32.2. The maximum Gasteiger partial charge on any atom is 0.327 e. The van der Waals surface area contributed by atoms with E-state index in [1.54, 1.807) is 7.11 Å². The third-order valence-corrected chi connectivity index (χ3v) is 8.16. The van der Waals surface area contributed by atoms with Gasteiger partial charge in [0.1, 0.15) is 5.25 Å². The molecule has 184 valence electrons. The van der Waals surface area contributed by atoms with Crippen LogP contribution in [0.25, 0.3) is 0 Å². The number of hydrogen-bond acceptors (Lipinski definition) is 5. The molecule has 0 bridgehead atoms. The minimum absolute atomic E-state index is 0.0170. The molecule has 7 nitrogen and oxygen atoms in total. The number of thioether (sulfide) groups is 1. The lowest BCUT2D eigenvalue weighted by Gasteiger charge is -2.43. The number of amides is 4. The summed E-state index contributed by atoms with van der Waals surface area (Å²) in [4.78, 5) is 42.5. The third-order valence-electron chi connectivity index (χ3n) is 7.08. The molecule has 2 unspecified atom stereocenters. The molecule has 3 aliphatic rings. The molecule has 2 fully saturated rings. The number of methoxy groups -OCH3 is 1. The molecule has 1 saturated heterocycles. The predicted octanol–water partition coefficient (Wildman–Crippen LogP) is 3.72. The van der Waals surface area contributed by atoms with E-state index in [-0.39, 0.29) is 41.0 Å². The van der Waals surface area contributed by atoms with Crippen molar-refractivity contribution in [1.29, 1.82) is 0 Å². The number of nitrogens with one attached hydrogen (secondary N) is 1. The molecular formula is C26H35N3O4S. The van der Waals surface area contributed by atoms with E-state index in [2.05, 4.69) is 11.4 Å². The average Bonchev–Trinajstić information content (AvgIpc) is 3.33. The summed E-state index contributed by atoms with van der Waals surface area (Å²) in [7, 11) is 1.66. The first-order valence-electron chi connectivity index (χ1n) is 12.2. The monoisotopic (exact) mass is 485 g/mol. The Labute approximate surface area is 206 Å². The van der Waals surface area contributed by atoms with Gasteiger partial charge in [0.15, 0.2) is 0 Å². The van der Waals surface area contributed by atoms with Crippen molar-refractivity contribution in [2.45, 2.75) is 56.9 Å². The molecule has 1 aliphatic carbocycles. The smallest absolute Gasteiger partial charge is 0.327 e. The zero-order valence-electron chi connectivity index (χ0n) is 20.1. The normalized spacial score (nSPS) is 26.6. The molecule has 34 heavy (non-hydrogen) atoms. The molecule has 0 radical (unpaired) electrons. The largest absolute Gasteiger partial charge is 0.385 e. The minimum Gasteiger partial charge on any atom is -0.385 e. The first-order chi connectivity index (χ1) is 16.5. The minimum atomic E-state index is -0.267. The summed E-state index contributed by atoms with van der Waals surface area (Å²) >= 11 is 1.51. The van der Waals surface area contributed by atoms with Gasteiger partial charge in [0.25, 0.3) is 0 Å². The van der Waals surface area contributed by atoms with E-state index in [0.717, 1.165) is 43.2 Å². The van der Waals surface area contributed by atoms with Crippen molar-refractivity contribution in [1.82, 2.24) is 15.1 Å². The molecule has 1 N–H and O–H groups in total. The lowest BCUT2D eigenvalue weighted by Crippen LogP contribution is -2.62. The van der Waals surface area contributed by atoms with Crippen LogP contribution < -0.4 is 5.32 Å². The lowest BCUT2D eigenvalue weighted by atomic mass is 9.81. The van der Waals surface area contributed by atoms with Gasteiger partial charge in [-0.1, -0.05) is 35.9 Å². The first kappa shape index (κ1) is 24.8. The Morgan fingerprint density at radius 1 is 1.21 bits per heavy atom. The maximum atomic E-state index is 13.5. The van der Waals surface area contributed by atoms with Crippen LogP contribution in [-0.4, -0.2) is 65.7 Å². The van der Waals surface area contributed by atoms with Crippen LogP contribution >= 0.6 is 11.8 Å². The van der Waals surface area contributed by atoms with E-state index in [4.69, 9.17) is 4.74 Å². The van der Waals surface area contributed by atoms with E-state index in [9.17, 15) is 14.4 Å². The van der Waals surface area contributed by atoms with Crippen molar-refractivity contribution in [2.75, 3.05) is 26.8 Å². The van der Waals surface area contributed by atoms with Crippen molar-refractivity contribution in [3.8, 4) is 0 Å². The molecule has 2 heterocycles. The molecule has 4 rings (SSSR count). The van der Waals surface area contributed by atoms with Crippen LogP contribution in [0.4, 0.5) is 4.79 Å². The van der Waals surface area contributed by atoms with E-state index in [0.29, 0.717) is 26.2 Å². The molecular weight excluding hydrogens is 450 g/mol. The Morgan fingerprint density at radius 3 is 2.74 bits per heavy atom. The van der Waals surface area contributed by atoms with Crippen molar-refractivity contribution in [3.05, 3.63) is 46.9 Å². The van der Waals surface area contributed by atoms with Gasteiger partial charge in [-0.05, 0) is 55.9 Å². The molecule has 1 aromatic carbocycles. The van der Waals surface area contributed by atoms with E-state index < -0.39 is 0 Å². The molecule has 2 atom stereocenters. The highest BCUT2D eigenvalue weighted by Crippen LogP contribution is 2.37. The summed E-state index contributed by atoms with van der Waals surface area (Å²) < 4.78 is 5.02. The van der Waals surface area contributed by atoms with Gasteiger partial charge in [0.2, 0.25) is 11.8 Å². The topological polar surface area (TPSA) is 79.0 Å². The molecule has 4 amide bonds. The van der Waals surface area contributed by atoms with Crippen molar-refractivity contribution in [3.63, 3.8) is 0 Å². The number of carbonyl (C=O) groups excluding carboxylic acids is 3.